The molecular weight excluding hydrogens is 286 g/mol. The molecule has 0 N–H and O–H groups in total. The van der Waals surface area contributed by atoms with Gasteiger partial charge >= 0.3 is 0 Å². The SMILES string of the molecule is Cc1ccc2nc(CCCl)n(Cc3cnn(C)c3C)c2n1. The van der Waals surface area contributed by atoms with Gasteiger partial charge < -0.3 is 4.57 Å². The summed E-state index contributed by atoms with van der Waals surface area (Å²) in [5.41, 5.74) is 5.15. The van der Waals surface area contributed by atoms with E-state index in [0.29, 0.717) is 5.88 Å². The van der Waals surface area contributed by atoms with Gasteiger partial charge in [0.1, 0.15) is 11.3 Å². The number of hydrogen-bond acceptors (Lipinski definition) is 3. The van der Waals surface area contributed by atoms with Crippen molar-refractivity contribution >= 4 is 22.8 Å². The third-order valence-electron chi connectivity index (χ3n) is 3.79. The van der Waals surface area contributed by atoms with Crippen LogP contribution in [0.2, 0.25) is 0 Å². The van der Waals surface area contributed by atoms with Crippen LogP contribution in [0.3, 0.4) is 0 Å². The van der Waals surface area contributed by atoms with Crippen molar-refractivity contribution in [2.45, 2.75) is 26.8 Å². The van der Waals surface area contributed by atoms with E-state index in [1.54, 1.807) is 0 Å². The number of halogens is 1. The van der Waals surface area contributed by atoms with Crippen LogP contribution in [0.5, 0.6) is 0 Å². The van der Waals surface area contributed by atoms with E-state index in [1.165, 1.54) is 5.56 Å². The normalized spacial score (nSPS) is 11.4. The second kappa shape index (κ2) is 5.48. The van der Waals surface area contributed by atoms with Crippen LogP contribution >= 0.6 is 11.6 Å². The second-order valence-corrected chi connectivity index (χ2v) is 5.61. The summed E-state index contributed by atoms with van der Waals surface area (Å²) in [4.78, 5) is 9.31. The lowest BCUT2D eigenvalue weighted by molar-refractivity contribution is 0.721. The number of nitrogens with zero attached hydrogens (tertiary/aromatic N) is 5. The fourth-order valence-electron chi connectivity index (χ4n) is 2.45. The molecule has 0 bridgehead atoms. The van der Waals surface area contributed by atoms with Crippen molar-refractivity contribution in [1.82, 2.24) is 24.3 Å². The highest BCUT2D eigenvalue weighted by Crippen LogP contribution is 2.19. The van der Waals surface area contributed by atoms with E-state index in [2.05, 4.69) is 26.6 Å². The first-order valence-electron chi connectivity index (χ1n) is 6.96. The molecule has 0 spiro atoms. The van der Waals surface area contributed by atoms with Gasteiger partial charge in [-0.05, 0) is 26.0 Å². The minimum atomic E-state index is 0.550. The average Bonchev–Trinajstić information content (AvgIpc) is 2.95. The van der Waals surface area contributed by atoms with Gasteiger partial charge in [-0.1, -0.05) is 0 Å². The van der Waals surface area contributed by atoms with Crippen molar-refractivity contribution in [2.24, 2.45) is 7.05 Å². The molecule has 0 saturated heterocycles. The van der Waals surface area contributed by atoms with Crippen LogP contribution < -0.4 is 0 Å². The highest BCUT2D eigenvalue weighted by molar-refractivity contribution is 6.17. The maximum Gasteiger partial charge on any atom is 0.160 e. The lowest BCUT2D eigenvalue weighted by atomic mass is 10.2. The summed E-state index contributed by atoms with van der Waals surface area (Å²) in [5.74, 6) is 1.52. The van der Waals surface area contributed by atoms with Gasteiger partial charge in [0, 0.05) is 36.3 Å². The maximum absolute atomic E-state index is 5.92. The van der Waals surface area contributed by atoms with E-state index in [-0.39, 0.29) is 0 Å². The van der Waals surface area contributed by atoms with Crippen LogP contribution in [-0.2, 0) is 20.0 Å². The Morgan fingerprint density at radius 1 is 1.19 bits per heavy atom. The third kappa shape index (κ3) is 2.53. The van der Waals surface area contributed by atoms with E-state index in [4.69, 9.17) is 11.6 Å². The summed E-state index contributed by atoms with van der Waals surface area (Å²) in [6.45, 7) is 4.79. The summed E-state index contributed by atoms with van der Waals surface area (Å²) in [5, 5.41) is 4.31. The first-order chi connectivity index (χ1) is 10.1. The molecule has 3 rings (SSSR count). The standard InChI is InChI=1S/C15H18ClN5/c1-10-4-5-13-15(18-10)21(14(19-13)6-7-16)9-12-8-17-20(3)11(12)2/h4-5,8H,6-7,9H2,1-3H3. The molecule has 0 saturated carbocycles. The van der Waals surface area contributed by atoms with Gasteiger partial charge in [-0.15, -0.1) is 11.6 Å². The molecule has 5 nitrogen and oxygen atoms in total. The van der Waals surface area contributed by atoms with Crippen molar-refractivity contribution in [1.29, 1.82) is 0 Å². The number of hydrogen-bond donors (Lipinski definition) is 0. The fraction of sp³-hybridized carbons (Fsp3) is 0.400. The molecule has 0 amide bonds. The first kappa shape index (κ1) is 14.1. The zero-order valence-corrected chi connectivity index (χ0v) is 13.2. The highest BCUT2D eigenvalue weighted by Gasteiger charge is 2.14. The molecular formula is C15H18ClN5. The van der Waals surface area contributed by atoms with Crippen LogP contribution in [0.1, 0.15) is 22.8 Å². The van der Waals surface area contributed by atoms with E-state index in [0.717, 1.165) is 41.3 Å². The molecule has 3 aromatic rings. The Morgan fingerprint density at radius 3 is 2.67 bits per heavy atom. The largest absolute Gasteiger partial charge is 0.308 e. The number of aromatic nitrogens is 5. The van der Waals surface area contributed by atoms with Crippen LogP contribution in [0, 0.1) is 13.8 Å². The Bertz CT molecular complexity index is 787. The highest BCUT2D eigenvalue weighted by atomic mass is 35.5. The summed E-state index contributed by atoms with van der Waals surface area (Å²) in [6, 6.07) is 4.00. The summed E-state index contributed by atoms with van der Waals surface area (Å²) in [6.07, 6.45) is 2.64. The number of fused-ring (bicyclic) bond motifs is 1. The van der Waals surface area contributed by atoms with Crippen molar-refractivity contribution in [3.05, 3.63) is 41.1 Å². The van der Waals surface area contributed by atoms with Gasteiger partial charge in [0.2, 0.25) is 0 Å². The Labute approximate surface area is 128 Å². The zero-order valence-electron chi connectivity index (χ0n) is 12.5. The van der Waals surface area contributed by atoms with Crippen LogP contribution in [0.15, 0.2) is 18.3 Å². The van der Waals surface area contributed by atoms with Crippen LogP contribution in [-0.4, -0.2) is 30.2 Å². The van der Waals surface area contributed by atoms with Crippen molar-refractivity contribution in [2.75, 3.05) is 5.88 Å². The molecule has 3 heterocycles. The Balaban J connectivity index is 2.12. The molecule has 0 aliphatic heterocycles. The number of rotatable bonds is 4. The van der Waals surface area contributed by atoms with Crippen molar-refractivity contribution in [3.8, 4) is 0 Å². The molecule has 0 atom stereocenters. The molecule has 0 radical (unpaired) electrons. The predicted octanol–water partition coefficient (Wildman–Crippen LogP) is 2.61. The minimum absolute atomic E-state index is 0.550. The molecule has 0 fully saturated rings. The molecule has 3 aromatic heterocycles. The molecule has 0 aromatic carbocycles. The predicted molar refractivity (Wildman–Crippen MR) is 83.7 cm³/mol. The van der Waals surface area contributed by atoms with Crippen LogP contribution in [0.25, 0.3) is 11.2 Å². The molecule has 0 aliphatic carbocycles. The van der Waals surface area contributed by atoms with Gasteiger partial charge in [-0.25, -0.2) is 9.97 Å². The van der Waals surface area contributed by atoms with Gasteiger partial charge in [0.15, 0.2) is 5.65 Å². The van der Waals surface area contributed by atoms with Gasteiger partial charge in [0.25, 0.3) is 0 Å². The molecule has 0 unspecified atom stereocenters. The van der Waals surface area contributed by atoms with Gasteiger partial charge in [-0.2, -0.15) is 5.10 Å². The van der Waals surface area contributed by atoms with Gasteiger partial charge in [-0.3, -0.25) is 4.68 Å². The topological polar surface area (TPSA) is 48.5 Å². The summed E-state index contributed by atoms with van der Waals surface area (Å²) in [7, 11) is 1.95. The Hall–Kier alpha value is -1.88. The number of alkyl halides is 1. The van der Waals surface area contributed by atoms with E-state index in [9.17, 15) is 0 Å². The Kier molecular flexibility index (Phi) is 3.68. The summed E-state index contributed by atoms with van der Waals surface area (Å²) >= 11 is 5.92. The van der Waals surface area contributed by atoms with Crippen molar-refractivity contribution in [3.63, 3.8) is 0 Å². The quantitative estimate of drug-likeness (QED) is 0.696. The smallest absolute Gasteiger partial charge is 0.160 e. The molecule has 0 aliphatic rings. The average molecular weight is 304 g/mol. The number of pyridine rings is 1. The van der Waals surface area contributed by atoms with Gasteiger partial charge in [0.05, 0.1) is 12.7 Å². The number of aryl methyl sites for hydroxylation is 3. The van der Waals surface area contributed by atoms with E-state index < -0.39 is 0 Å². The van der Waals surface area contributed by atoms with Crippen LogP contribution in [0.4, 0.5) is 0 Å². The number of imidazole rings is 1. The zero-order chi connectivity index (χ0) is 15.0. The Morgan fingerprint density at radius 2 is 2.00 bits per heavy atom. The summed E-state index contributed by atoms with van der Waals surface area (Å²) < 4.78 is 4.03. The third-order valence-corrected chi connectivity index (χ3v) is 3.98. The molecule has 6 heteroatoms. The van der Waals surface area contributed by atoms with E-state index >= 15 is 0 Å². The lowest BCUT2D eigenvalue weighted by Gasteiger charge is -2.08. The first-order valence-corrected chi connectivity index (χ1v) is 7.50. The van der Waals surface area contributed by atoms with Crippen molar-refractivity contribution < 1.29 is 0 Å². The monoisotopic (exact) mass is 303 g/mol. The second-order valence-electron chi connectivity index (χ2n) is 5.23. The minimum Gasteiger partial charge on any atom is -0.308 e. The lowest BCUT2D eigenvalue weighted by Crippen LogP contribution is -2.08. The van der Waals surface area contributed by atoms with E-state index in [1.807, 2.05) is 37.0 Å². The fourth-order valence-corrected chi connectivity index (χ4v) is 2.62. The maximum atomic E-state index is 5.92. The molecule has 110 valence electrons. The molecule has 21 heavy (non-hydrogen) atoms.